The number of H-pyrrole nitrogens is 1. The zero-order chi connectivity index (χ0) is 24.4. The summed E-state index contributed by atoms with van der Waals surface area (Å²) in [5, 5.41) is 12.7. The number of benzene rings is 1. The largest absolute Gasteiger partial charge is 0.462 e. The van der Waals surface area contributed by atoms with Gasteiger partial charge < -0.3 is 19.8 Å². The molecule has 0 aliphatic heterocycles. The van der Waals surface area contributed by atoms with Crippen molar-refractivity contribution in [3.63, 3.8) is 0 Å². The van der Waals surface area contributed by atoms with Crippen molar-refractivity contribution in [1.29, 1.82) is 0 Å². The first-order valence-corrected chi connectivity index (χ1v) is 11.5. The van der Waals surface area contributed by atoms with E-state index in [0.29, 0.717) is 24.1 Å². The van der Waals surface area contributed by atoms with Crippen LogP contribution in [0.15, 0.2) is 60.1 Å². The summed E-state index contributed by atoms with van der Waals surface area (Å²) in [6, 6.07) is 12.4. The maximum atomic E-state index is 9.28. The maximum absolute atomic E-state index is 9.28. The first-order valence-electron chi connectivity index (χ1n) is 11.5. The van der Waals surface area contributed by atoms with E-state index in [0.717, 1.165) is 52.2 Å². The van der Waals surface area contributed by atoms with Crippen molar-refractivity contribution < 1.29 is 9.94 Å². The Hall–Kier alpha value is -4.11. The SMILES string of the molecule is CC(COc1nccc(-c2nc(-c3ccc4c(c3)CC/C4=N\O)c(-c3ccncc3)[nH]2)n1)N(C)C. The predicted molar refractivity (Wildman–Crippen MR) is 134 cm³/mol. The molecule has 2 N–H and O–H groups in total. The molecular weight excluding hydrogens is 442 g/mol. The first-order chi connectivity index (χ1) is 17.0. The van der Waals surface area contributed by atoms with Crippen LogP contribution in [0.5, 0.6) is 6.01 Å². The van der Waals surface area contributed by atoms with Gasteiger partial charge in [-0.25, -0.2) is 9.97 Å². The quantitative estimate of drug-likeness (QED) is 0.310. The van der Waals surface area contributed by atoms with Crippen LogP contribution in [0.4, 0.5) is 0 Å². The number of pyridine rings is 1. The second-order valence-electron chi connectivity index (χ2n) is 8.81. The Balaban J connectivity index is 1.53. The van der Waals surface area contributed by atoms with Gasteiger partial charge in [-0.3, -0.25) is 4.98 Å². The van der Waals surface area contributed by atoms with Gasteiger partial charge in [-0.15, -0.1) is 0 Å². The topological polar surface area (TPSA) is 112 Å². The minimum Gasteiger partial charge on any atom is -0.462 e. The standard InChI is InChI=1S/C26H27N7O2/c1-16(33(2)3)15-35-26-28-13-10-22(29-26)25-30-23(17-8-11-27-12-9-17)24(31-25)19-4-6-20-18(14-19)5-7-21(20)32-34/h4,6,8-14,16,34H,5,7,15H2,1-3H3,(H,30,31)/b32-21+. The van der Waals surface area contributed by atoms with E-state index in [1.165, 1.54) is 0 Å². The van der Waals surface area contributed by atoms with Crippen LogP contribution in [0.2, 0.25) is 0 Å². The summed E-state index contributed by atoms with van der Waals surface area (Å²) in [6.07, 6.45) is 6.76. The molecule has 0 amide bonds. The van der Waals surface area contributed by atoms with Crippen molar-refractivity contribution in [2.45, 2.75) is 25.8 Å². The lowest BCUT2D eigenvalue weighted by atomic mass is 10.0. The molecule has 0 spiro atoms. The number of likely N-dealkylation sites (N-methyl/N-ethyl adjacent to an activating group) is 1. The van der Waals surface area contributed by atoms with Gasteiger partial charge in [0, 0.05) is 41.3 Å². The Morgan fingerprint density at radius 3 is 2.66 bits per heavy atom. The molecule has 1 aliphatic rings. The first kappa shape index (κ1) is 22.7. The van der Waals surface area contributed by atoms with Crippen molar-refractivity contribution in [1.82, 2.24) is 29.8 Å². The number of fused-ring (bicyclic) bond motifs is 1. The fourth-order valence-electron chi connectivity index (χ4n) is 4.04. The Kier molecular flexibility index (Phi) is 6.24. The van der Waals surface area contributed by atoms with Gasteiger partial charge in [-0.1, -0.05) is 17.3 Å². The van der Waals surface area contributed by atoms with Crippen LogP contribution in [0.3, 0.4) is 0 Å². The molecule has 1 unspecified atom stereocenters. The molecule has 1 aromatic carbocycles. The number of rotatable bonds is 7. The summed E-state index contributed by atoms with van der Waals surface area (Å²) in [7, 11) is 4.01. The predicted octanol–water partition coefficient (Wildman–Crippen LogP) is 4.05. The highest BCUT2D eigenvalue weighted by Crippen LogP contribution is 2.35. The van der Waals surface area contributed by atoms with Crippen molar-refractivity contribution in [3.8, 4) is 40.0 Å². The Labute approximate surface area is 203 Å². The van der Waals surface area contributed by atoms with Gasteiger partial charge in [0.1, 0.15) is 12.3 Å². The second kappa shape index (κ2) is 9.63. The van der Waals surface area contributed by atoms with Crippen molar-refractivity contribution in [2.75, 3.05) is 20.7 Å². The highest BCUT2D eigenvalue weighted by Gasteiger charge is 2.22. The lowest BCUT2D eigenvalue weighted by Crippen LogP contribution is -2.30. The molecule has 3 heterocycles. The molecule has 0 saturated heterocycles. The molecule has 0 bridgehead atoms. The molecule has 9 heteroatoms. The Morgan fingerprint density at radius 1 is 1.06 bits per heavy atom. The number of imidazole rings is 1. The van der Waals surface area contributed by atoms with Gasteiger partial charge in [-0.2, -0.15) is 4.98 Å². The zero-order valence-electron chi connectivity index (χ0n) is 19.9. The van der Waals surface area contributed by atoms with E-state index in [4.69, 9.17) is 9.72 Å². The number of hydrogen-bond donors (Lipinski definition) is 2. The molecule has 178 valence electrons. The average Bonchev–Trinajstić information content (AvgIpc) is 3.52. The molecule has 0 fully saturated rings. The van der Waals surface area contributed by atoms with Crippen LogP contribution in [0.1, 0.15) is 24.5 Å². The van der Waals surface area contributed by atoms with E-state index in [9.17, 15) is 5.21 Å². The van der Waals surface area contributed by atoms with Gasteiger partial charge in [0.2, 0.25) is 0 Å². The van der Waals surface area contributed by atoms with Crippen LogP contribution in [-0.2, 0) is 6.42 Å². The van der Waals surface area contributed by atoms with Crippen molar-refractivity contribution >= 4 is 5.71 Å². The minimum absolute atomic E-state index is 0.229. The Morgan fingerprint density at radius 2 is 1.89 bits per heavy atom. The van der Waals surface area contributed by atoms with Crippen LogP contribution < -0.4 is 4.74 Å². The fraction of sp³-hybridized carbons (Fsp3) is 0.269. The van der Waals surface area contributed by atoms with Gasteiger partial charge in [0.15, 0.2) is 5.82 Å². The number of nitrogens with one attached hydrogen (secondary N) is 1. The third-order valence-electron chi connectivity index (χ3n) is 6.33. The summed E-state index contributed by atoms with van der Waals surface area (Å²) >= 11 is 0. The molecule has 0 radical (unpaired) electrons. The second-order valence-corrected chi connectivity index (χ2v) is 8.81. The summed E-state index contributed by atoms with van der Waals surface area (Å²) < 4.78 is 5.82. The normalized spacial score (nSPS) is 14.9. The van der Waals surface area contributed by atoms with E-state index < -0.39 is 0 Å². The summed E-state index contributed by atoms with van der Waals surface area (Å²) in [6.45, 7) is 2.56. The summed E-state index contributed by atoms with van der Waals surface area (Å²) in [5.41, 5.74) is 7.13. The monoisotopic (exact) mass is 469 g/mol. The smallest absolute Gasteiger partial charge is 0.317 e. The van der Waals surface area contributed by atoms with E-state index in [-0.39, 0.29) is 6.04 Å². The van der Waals surface area contributed by atoms with Crippen LogP contribution in [-0.4, -0.2) is 67.5 Å². The van der Waals surface area contributed by atoms with Gasteiger partial charge in [0.25, 0.3) is 0 Å². The zero-order valence-corrected chi connectivity index (χ0v) is 19.9. The van der Waals surface area contributed by atoms with Crippen LogP contribution in [0.25, 0.3) is 34.0 Å². The molecule has 9 nitrogen and oxygen atoms in total. The molecule has 35 heavy (non-hydrogen) atoms. The molecule has 3 aromatic heterocycles. The number of nitrogens with zero attached hydrogens (tertiary/aromatic N) is 6. The van der Waals surface area contributed by atoms with E-state index in [1.807, 2.05) is 44.4 Å². The fourth-order valence-corrected chi connectivity index (χ4v) is 4.04. The van der Waals surface area contributed by atoms with Crippen LogP contribution >= 0.6 is 0 Å². The highest BCUT2D eigenvalue weighted by molar-refractivity contribution is 6.04. The molecule has 4 aromatic rings. The number of hydrogen-bond acceptors (Lipinski definition) is 8. The number of ether oxygens (including phenoxy) is 1. The molecular formula is C26H27N7O2. The van der Waals surface area contributed by atoms with E-state index >= 15 is 0 Å². The highest BCUT2D eigenvalue weighted by atomic mass is 16.5. The van der Waals surface area contributed by atoms with E-state index in [1.54, 1.807) is 18.6 Å². The lowest BCUT2D eigenvalue weighted by Gasteiger charge is -2.19. The van der Waals surface area contributed by atoms with Gasteiger partial charge >= 0.3 is 6.01 Å². The number of oxime groups is 1. The van der Waals surface area contributed by atoms with Crippen molar-refractivity contribution in [2.24, 2.45) is 5.16 Å². The number of aryl methyl sites for hydroxylation is 1. The molecule has 5 rings (SSSR count). The molecule has 1 aliphatic carbocycles. The van der Waals surface area contributed by atoms with Crippen LogP contribution in [0, 0.1) is 0 Å². The molecule has 0 saturated carbocycles. The summed E-state index contributed by atoms with van der Waals surface area (Å²) in [4.78, 5) is 23.5. The van der Waals surface area contributed by atoms with Gasteiger partial charge in [-0.05, 0) is 63.7 Å². The third-order valence-corrected chi connectivity index (χ3v) is 6.33. The summed E-state index contributed by atoms with van der Waals surface area (Å²) in [5.74, 6) is 0.623. The average molecular weight is 470 g/mol. The maximum Gasteiger partial charge on any atom is 0.317 e. The lowest BCUT2D eigenvalue weighted by molar-refractivity contribution is 0.188. The Bertz CT molecular complexity index is 1370. The van der Waals surface area contributed by atoms with E-state index in [2.05, 4.69) is 43.0 Å². The van der Waals surface area contributed by atoms with Crippen molar-refractivity contribution in [3.05, 3.63) is 66.1 Å². The minimum atomic E-state index is 0.229. The molecule has 1 atom stereocenters. The van der Waals surface area contributed by atoms with Gasteiger partial charge in [0.05, 0.1) is 17.1 Å². The number of aromatic nitrogens is 5. The number of aromatic amines is 1. The third kappa shape index (κ3) is 4.63.